The molecule has 1 aliphatic carbocycles. The van der Waals surface area contributed by atoms with Gasteiger partial charge in [0.25, 0.3) is 5.91 Å². The van der Waals surface area contributed by atoms with E-state index in [-0.39, 0.29) is 36.8 Å². The summed E-state index contributed by atoms with van der Waals surface area (Å²) in [5.41, 5.74) is 9.76. The maximum Gasteiger partial charge on any atom is 0.253 e. The molecule has 1 aliphatic rings. The van der Waals surface area contributed by atoms with Gasteiger partial charge >= 0.3 is 0 Å². The minimum Gasteiger partial charge on any atom is -0.348 e. The molecule has 2 aromatic heterocycles. The van der Waals surface area contributed by atoms with Crippen LogP contribution in [-0.4, -0.2) is 28.0 Å². The molecule has 1 fully saturated rings. The fourth-order valence-corrected chi connectivity index (χ4v) is 4.08. The van der Waals surface area contributed by atoms with Crippen LogP contribution in [0.25, 0.3) is 0 Å². The van der Waals surface area contributed by atoms with Crippen molar-refractivity contribution in [1.29, 1.82) is 0 Å². The number of pyridine rings is 1. The second-order valence-corrected chi connectivity index (χ2v) is 7.41. The van der Waals surface area contributed by atoms with E-state index in [1.54, 1.807) is 6.20 Å². The molecule has 0 aromatic carbocycles. The summed E-state index contributed by atoms with van der Waals surface area (Å²) in [6.45, 7) is 5.22. The third kappa shape index (κ3) is 5.72. The number of hydrogen-bond acceptors (Lipinski definition) is 3. The summed E-state index contributed by atoms with van der Waals surface area (Å²) < 4.78 is 2.15. The molecular formula is C21H32Cl2N4O. The number of amides is 1. The van der Waals surface area contributed by atoms with E-state index >= 15 is 0 Å². The first-order valence-corrected chi connectivity index (χ1v) is 9.67. The Morgan fingerprint density at radius 2 is 1.96 bits per heavy atom. The van der Waals surface area contributed by atoms with Gasteiger partial charge in [0.1, 0.15) is 0 Å². The number of nitrogens with one attached hydrogen (secondary N) is 1. The SMILES string of the molecule is Cc1cc(C(=O)NC(CN)C2CCCCC2)c(C)n1Cc1ccccn1.Cl.Cl. The van der Waals surface area contributed by atoms with Crippen LogP contribution in [0.15, 0.2) is 30.5 Å². The monoisotopic (exact) mass is 426 g/mol. The zero-order valence-corrected chi connectivity index (χ0v) is 18.3. The maximum atomic E-state index is 12.9. The van der Waals surface area contributed by atoms with Gasteiger partial charge in [-0.2, -0.15) is 0 Å². The third-order valence-electron chi connectivity index (χ3n) is 5.65. The van der Waals surface area contributed by atoms with E-state index in [1.165, 1.54) is 32.1 Å². The summed E-state index contributed by atoms with van der Waals surface area (Å²) in [7, 11) is 0. The van der Waals surface area contributed by atoms with Crippen LogP contribution in [0.3, 0.4) is 0 Å². The van der Waals surface area contributed by atoms with Crippen LogP contribution in [0.2, 0.25) is 0 Å². The van der Waals surface area contributed by atoms with Crippen molar-refractivity contribution in [2.75, 3.05) is 6.54 Å². The Morgan fingerprint density at radius 3 is 2.57 bits per heavy atom. The lowest BCUT2D eigenvalue weighted by molar-refractivity contribution is 0.0915. The first-order chi connectivity index (χ1) is 12.6. The van der Waals surface area contributed by atoms with Crippen LogP contribution in [0, 0.1) is 19.8 Å². The van der Waals surface area contributed by atoms with Crippen molar-refractivity contribution in [3.63, 3.8) is 0 Å². The Hall–Kier alpha value is -1.56. The minimum absolute atomic E-state index is 0. The molecule has 7 heteroatoms. The van der Waals surface area contributed by atoms with Gasteiger partial charge in [-0.05, 0) is 50.8 Å². The lowest BCUT2D eigenvalue weighted by Crippen LogP contribution is -2.46. The molecule has 1 amide bonds. The van der Waals surface area contributed by atoms with Crippen LogP contribution >= 0.6 is 24.8 Å². The Bertz CT molecular complexity index is 742. The molecule has 2 aromatic rings. The number of halogens is 2. The number of aromatic nitrogens is 2. The van der Waals surface area contributed by atoms with Crippen LogP contribution < -0.4 is 11.1 Å². The van der Waals surface area contributed by atoms with Crippen LogP contribution in [-0.2, 0) is 6.54 Å². The number of carbonyl (C=O) groups is 1. The van der Waals surface area contributed by atoms with Crippen molar-refractivity contribution >= 4 is 30.7 Å². The van der Waals surface area contributed by atoms with Crippen molar-refractivity contribution in [2.24, 2.45) is 11.7 Å². The van der Waals surface area contributed by atoms with E-state index in [9.17, 15) is 4.79 Å². The highest BCUT2D eigenvalue weighted by Crippen LogP contribution is 2.26. The van der Waals surface area contributed by atoms with Gasteiger partial charge in [0, 0.05) is 30.2 Å². The van der Waals surface area contributed by atoms with Crippen molar-refractivity contribution in [3.8, 4) is 0 Å². The summed E-state index contributed by atoms with van der Waals surface area (Å²) in [5, 5.41) is 3.21. The summed E-state index contributed by atoms with van der Waals surface area (Å²) in [6, 6.07) is 7.95. The molecule has 0 saturated heterocycles. The first-order valence-electron chi connectivity index (χ1n) is 9.67. The van der Waals surface area contributed by atoms with Gasteiger partial charge in [0.2, 0.25) is 0 Å². The number of nitrogens with zero attached hydrogens (tertiary/aromatic N) is 2. The highest BCUT2D eigenvalue weighted by atomic mass is 35.5. The number of hydrogen-bond donors (Lipinski definition) is 2. The van der Waals surface area contributed by atoms with E-state index < -0.39 is 0 Å². The zero-order valence-electron chi connectivity index (χ0n) is 16.7. The molecule has 3 N–H and O–H groups in total. The smallest absolute Gasteiger partial charge is 0.253 e. The first kappa shape index (κ1) is 24.5. The predicted octanol–water partition coefficient (Wildman–Crippen LogP) is 4.03. The largest absolute Gasteiger partial charge is 0.348 e. The summed E-state index contributed by atoms with van der Waals surface area (Å²) in [5.74, 6) is 0.501. The Morgan fingerprint density at radius 1 is 1.25 bits per heavy atom. The molecule has 0 radical (unpaired) electrons. The molecule has 1 saturated carbocycles. The van der Waals surface area contributed by atoms with Gasteiger partial charge in [-0.1, -0.05) is 25.3 Å². The highest BCUT2D eigenvalue weighted by molar-refractivity contribution is 5.96. The van der Waals surface area contributed by atoms with E-state index in [4.69, 9.17) is 5.73 Å². The number of nitrogens with two attached hydrogens (primary N) is 1. The minimum atomic E-state index is -0.00797. The van der Waals surface area contributed by atoms with E-state index in [2.05, 4.69) is 14.9 Å². The Balaban J connectivity index is 0.00000196. The predicted molar refractivity (Wildman–Crippen MR) is 119 cm³/mol. The second kappa shape index (κ2) is 11.4. The molecule has 1 atom stereocenters. The topological polar surface area (TPSA) is 72.9 Å². The van der Waals surface area contributed by atoms with E-state index in [0.29, 0.717) is 19.0 Å². The molecule has 156 valence electrons. The van der Waals surface area contributed by atoms with Gasteiger partial charge in [-0.25, -0.2) is 0 Å². The molecule has 0 aliphatic heterocycles. The standard InChI is InChI=1S/C21H30N4O.2ClH/c1-15-12-19(16(2)25(15)14-18-10-6-7-11-23-18)21(26)24-20(13-22)17-8-4-3-5-9-17;;/h6-7,10-12,17,20H,3-5,8-9,13-14,22H2,1-2H3,(H,24,26);2*1H. The fraction of sp³-hybridized carbons (Fsp3) is 0.524. The van der Waals surface area contributed by atoms with Crippen LogP contribution in [0.5, 0.6) is 0 Å². The Kier molecular flexibility index (Phi) is 10.0. The average molecular weight is 427 g/mol. The number of aryl methyl sites for hydroxylation is 1. The maximum absolute atomic E-state index is 12.9. The summed E-state index contributed by atoms with van der Waals surface area (Å²) in [6.07, 6.45) is 7.93. The second-order valence-electron chi connectivity index (χ2n) is 7.41. The van der Waals surface area contributed by atoms with Gasteiger partial charge < -0.3 is 15.6 Å². The summed E-state index contributed by atoms with van der Waals surface area (Å²) >= 11 is 0. The van der Waals surface area contributed by atoms with Crippen LogP contribution in [0.1, 0.15) is 59.5 Å². The molecular weight excluding hydrogens is 395 g/mol. The molecule has 0 spiro atoms. The number of rotatable bonds is 6. The normalized spacial score (nSPS) is 15.2. The fourth-order valence-electron chi connectivity index (χ4n) is 4.08. The lowest BCUT2D eigenvalue weighted by atomic mass is 9.84. The Labute approximate surface area is 180 Å². The van der Waals surface area contributed by atoms with Crippen molar-refractivity contribution in [1.82, 2.24) is 14.9 Å². The average Bonchev–Trinajstić information content (AvgIpc) is 2.96. The third-order valence-corrected chi connectivity index (χ3v) is 5.65. The molecule has 3 rings (SSSR count). The molecule has 2 heterocycles. The van der Waals surface area contributed by atoms with Gasteiger partial charge in [-0.15, -0.1) is 24.8 Å². The zero-order chi connectivity index (χ0) is 18.5. The molecule has 28 heavy (non-hydrogen) atoms. The van der Waals surface area contributed by atoms with E-state index in [0.717, 1.165) is 22.6 Å². The van der Waals surface area contributed by atoms with E-state index in [1.807, 2.05) is 38.1 Å². The van der Waals surface area contributed by atoms with Crippen molar-refractivity contribution in [2.45, 2.75) is 58.5 Å². The summed E-state index contributed by atoms with van der Waals surface area (Å²) in [4.78, 5) is 17.3. The van der Waals surface area contributed by atoms with Gasteiger partial charge in [0.05, 0.1) is 17.8 Å². The van der Waals surface area contributed by atoms with Crippen LogP contribution in [0.4, 0.5) is 0 Å². The van der Waals surface area contributed by atoms with Gasteiger partial charge in [-0.3, -0.25) is 9.78 Å². The van der Waals surface area contributed by atoms with Gasteiger partial charge in [0.15, 0.2) is 0 Å². The molecule has 1 unspecified atom stereocenters. The lowest BCUT2D eigenvalue weighted by Gasteiger charge is -2.30. The number of carbonyl (C=O) groups excluding carboxylic acids is 1. The molecule has 5 nitrogen and oxygen atoms in total. The quantitative estimate of drug-likeness (QED) is 0.731. The molecule has 0 bridgehead atoms. The van der Waals surface area contributed by atoms with Crippen molar-refractivity contribution in [3.05, 3.63) is 53.1 Å². The van der Waals surface area contributed by atoms with Crippen molar-refractivity contribution < 1.29 is 4.79 Å². The highest BCUT2D eigenvalue weighted by Gasteiger charge is 2.25.